The number of carbonyl (C=O) groups is 5. The van der Waals surface area contributed by atoms with Crippen LogP contribution in [0.1, 0.15) is 34.6 Å². The van der Waals surface area contributed by atoms with E-state index in [0.717, 1.165) is 34.6 Å². The van der Waals surface area contributed by atoms with Crippen LogP contribution in [0.15, 0.2) is 0 Å². The Labute approximate surface area is 199 Å². The van der Waals surface area contributed by atoms with Crippen LogP contribution >= 0.6 is 0 Å². The monoisotopic (exact) mass is 442 g/mol. The predicted octanol–water partition coefficient (Wildman–Crippen LogP) is -6.88. The van der Waals surface area contributed by atoms with Gasteiger partial charge in [-0.25, -0.2) is 0 Å². The Balaban J connectivity index is -0.0000000264. The van der Waals surface area contributed by atoms with E-state index in [0.29, 0.717) is 0 Å². The van der Waals surface area contributed by atoms with Gasteiger partial charge in [0.15, 0.2) is 0 Å². The second-order valence-corrected chi connectivity index (χ2v) is 3.82. The first kappa shape index (κ1) is 50.2. The summed E-state index contributed by atoms with van der Waals surface area (Å²) in [5.74, 6) is -4.17. The van der Waals surface area contributed by atoms with E-state index < -0.39 is 40.2 Å². The molecule has 0 heterocycles. The third-order valence-electron chi connectivity index (χ3n) is 0. The Morgan fingerprint density at radius 3 is 0.519 bits per heavy atom. The molecule has 27 heavy (non-hydrogen) atoms. The normalized spacial score (nSPS) is 6.78. The second kappa shape index (κ2) is 36.2. The van der Waals surface area contributed by atoms with Crippen molar-refractivity contribution in [2.24, 2.45) is 0 Å². The zero-order valence-corrected chi connectivity index (χ0v) is 20.6. The quantitative estimate of drug-likeness (QED) is 0.133. The van der Waals surface area contributed by atoms with Crippen LogP contribution in [-0.2, 0) is 34.4 Å². The van der Waals surface area contributed by atoms with Gasteiger partial charge in [0.1, 0.15) is 0 Å². The minimum Gasteiger partial charge on any atom is -0.759 e. The van der Waals surface area contributed by atoms with E-state index in [1.54, 1.807) is 0 Å². The number of hydrogen-bond acceptors (Lipinski definition) is 9. The minimum absolute atomic E-state index is 0. The molecule has 17 heteroatoms. The zero-order valence-electron chi connectivity index (χ0n) is 15.8. The Bertz CT molecular complexity index is 390. The van der Waals surface area contributed by atoms with Crippen molar-refractivity contribution < 1.29 is 126 Å². The molecule has 0 rings (SSSR count). The van der Waals surface area contributed by atoms with Crippen LogP contribution in [0.25, 0.3) is 0 Å². The minimum atomic E-state index is -5.17. The van der Waals surface area contributed by atoms with Gasteiger partial charge in [-0.2, -0.15) is 0 Å². The molecule has 0 spiro atoms. The van der Waals surface area contributed by atoms with E-state index >= 15 is 0 Å². The largest absolute Gasteiger partial charge is 1.00 e. The van der Waals surface area contributed by atoms with Crippen LogP contribution in [0.4, 0.5) is 0 Å². The van der Waals surface area contributed by atoms with Crippen LogP contribution < -0.4 is 59.1 Å². The average molecular weight is 442 g/mol. The van der Waals surface area contributed by atoms with Gasteiger partial charge in [-0.05, 0) is 0 Å². The molecule has 0 aliphatic rings. The maximum absolute atomic E-state index is 9.00. The molecule has 0 aromatic rings. The van der Waals surface area contributed by atoms with Gasteiger partial charge in [0.25, 0.3) is 29.8 Å². The topological polar surface area (TPSA) is 267 Å². The molecule has 0 atom stereocenters. The summed E-state index contributed by atoms with van der Waals surface area (Å²) in [5, 5.41) is 37.1. The first-order chi connectivity index (χ1) is 10.7. The fourth-order valence-corrected chi connectivity index (χ4v) is 0. The number of hydrogen-bond donors (Lipinski definition) is 5. The van der Waals surface area contributed by atoms with Gasteiger partial charge in [-0.15, -0.1) is 0 Å². The predicted molar refractivity (Wildman–Crippen MR) is 77.0 cm³/mol. The second-order valence-electron chi connectivity index (χ2n) is 3.00. The van der Waals surface area contributed by atoms with Crippen LogP contribution in [-0.4, -0.2) is 72.9 Å². The van der Waals surface area contributed by atoms with Gasteiger partial charge in [0.05, 0.1) is 0 Å². The summed E-state index contributed by atoms with van der Waals surface area (Å²) in [6.45, 7) is 5.42. The molecule has 0 radical (unpaired) electrons. The molecule has 0 saturated carbocycles. The van der Waals surface area contributed by atoms with Crippen molar-refractivity contribution in [2.45, 2.75) is 34.6 Å². The molecule has 0 aromatic carbocycles. The maximum atomic E-state index is 9.00. The summed E-state index contributed by atoms with van der Waals surface area (Å²) in [7, 11) is -5.17. The van der Waals surface area contributed by atoms with Crippen LogP contribution in [0.3, 0.4) is 0 Å². The van der Waals surface area contributed by atoms with Gasteiger partial charge >= 0.3 is 59.1 Å². The molecule has 152 valence electrons. The third-order valence-corrected chi connectivity index (χ3v) is 0. The molecule has 0 aliphatic heterocycles. The van der Waals surface area contributed by atoms with E-state index in [2.05, 4.69) is 0 Å². The third kappa shape index (κ3) is 22400. The van der Waals surface area contributed by atoms with Gasteiger partial charge < -0.3 is 34.6 Å². The summed E-state index contributed by atoms with van der Waals surface area (Å²) >= 11 is 0. The molecule has 14 nitrogen and oxygen atoms in total. The summed E-state index contributed by atoms with van der Waals surface area (Å²) in [4.78, 5) is 45.0. The SMILES string of the molecule is CC(=O)O.CC(=O)O.CC(=O)O.CC(=O)O.CC(=O)O.O=S(=O)([O-])[O-].[Na+].[Na+]. The summed E-state index contributed by atoms with van der Waals surface area (Å²) in [6.07, 6.45) is 0. The summed E-state index contributed by atoms with van der Waals surface area (Å²) in [6, 6.07) is 0. The molecular weight excluding hydrogens is 422 g/mol. The van der Waals surface area contributed by atoms with Crippen molar-refractivity contribution in [1.29, 1.82) is 0 Å². The van der Waals surface area contributed by atoms with Crippen molar-refractivity contribution in [3.05, 3.63) is 0 Å². The molecule has 0 aliphatic carbocycles. The molecule has 0 fully saturated rings. The van der Waals surface area contributed by atoms with E-state index in [1.807, 2.05) is 0 Å². The molecular formula is C10H20Na2O14S. The number of rotatable bonds is 0. The molecule has 5 N–H and O–H groups in total. The van der Waals surface area contributed by atoms with Crippen molar-refractivity contribution >= 4 is 40.2 Å². The van der Waals surface area contributed by atoms with Crippen molar-refractivity contribution in [2.75, 3.05) is 0 Å². The number of carboxylic acids is 5. The molecule has 0 saturated heterocycles. The average Bonchev–Trinajstić information content (AvgIpc) is 2.06. The van der Waals surface area contributed by atoms with Crippen molar-refractivity contribution in [3.8, 4) is 0 Å². The Kier molecular flexibility index (Phi) is 67.3. The van der Waals surface area contributed by atoms with Gasteiger partial charge in [-0.3, -0.25) is 32.4 Å². The van der Waals surface area contributed by atoms with Gasteiger partial charge in [0.2, 0.25) is 0 Å². The van der Waals surface area contributed by atoms with Gasteiger partial charge in [0, 0.05) is 45.0 Å². The van der Waals surface area contributed by atoms with Gasteiger partial charge in [-0.1, -0.05) is 0 Å². The Hall–Kier alpha value is -0.780. The van der Waals surface area contributed by atoms with E-state index in [1.165, 1.54) is 0 Å². The Morgan fingerprint density at radius 1 is 0.519 bits per heavy atom. The van der Waals surface area contributed by atoms with E-state index in [9.17, 15) is 0 Å². The van der Waals surface area contributed by atoms with Crippen LogP contribution in [0, 0.1) is 0 Å². The molecule has 0 unspecified atom stereocenters. The first-order valence-electron chi connectivity index (χ1n) is 5.31. The smallest absolute Gasteiger partial charge is 0.759 e. The van der Waals surface area contributed by atoms with Crippen molar-refractivity contribution in [1.82, 2.24) is 0 Å². The standard InChI is InChI=1S/5C2H4O2.2Na.H2O4S/c5*1-2(3)4;;;1-5(2,3)4/h5*1H3,(H,3,4);;;(H2,1,2,3,4)/q;;;;;2*+1;/p-2. The maximum Gasteiger partial charge on any atom is 1.00 e. The summed E-state index contributed by atoms with van der Waals surface area (Å²) < 4.78 is 34.1. The van der Waals surface area contributed by atoms with Crippen molar-refractivity contribution in [3.63, 3.8) is 0 Å². The number of aliphatic carboxylic acids is 5. The zero-order chi connectivity index (χ0) is 22.4. The fraction of sp³-hybridized carbons (Fsp3) is 0.500. The van der Waals surface area contributed by atoms with Crippen LogP contribution in [0.2, 0.25) is 0 Å². The first-order valence-corrected chi connectivity index (χ1v) is 6.64. The Morgan fingerprint density at radius 2 is 0.519 bits per heavy atom. The fourth-order valence-electron chi connectivity index (χ4n) is 0. The summed E-state index contributed by atoms with van der Waals surface area (Å²) in [5.41, 5.74) is 0. The molecule has 0 aromatic heterocycles. The molecule has 0 amide bonds. The van der Waals surface area contributed by atoms with E-state index in [4.69, 9.17) is 67.0 Å². The van der Waals surface area contributed by atoms with Crippen LogP contribution in [0.5, 0.6) is 0 Å². The van der Waals surface area contributed by atoms with E-state index in [-0.39, 0.29) is 59.1 Å². The number of carboxylic acid groups (broad SMARTS) is 5. The molecule has 0 bridgehead atoms.